The zero-order valence-corrected chi connectivity index (χ0v) is 15.1. The van der Waals surface area contributed by atoms with Crippen LogP contribution in [0.5, 0.6) is 0 Å². The van der Waals surface area contributed by atoms with E-state index in [2.05, 4.69) is 73.4 Å². The summed E-state index contributed by atoms with van der Waals surface area (Å²) in [6.45, 7) is 5.70. The van der Waals surface area contributed by atoms with Gasteiger partial charge in [-0.2, -0.15) is 5.10 Å². The van der Waals surface area contributed by atoms with Crippen molar-refractivity contribution in [3.63, 3.8) is 0 Å². The molecule has 0 atom stereocenters. The summed E-state index contributed by atoms with van der Waals surface area (Å²) < 4.78 is 4.55. The monoisotopic (exact) mass is 338 g/mol. The highest BCUT2D eigenvalue weighted by Gasteiger charge is 2.09. The number of aryl methyl sites for hydroxylation is 2. The Hall–Kier alpha value is -2.24. The Morgan fingerprint density at radius 1 is 1.08 bits per heavy atom. The minimum absolute atomic E-state index is 0.658. The summed E-state index contributed by atoms with van der Waals surface area (Å²) in [5.41, 5.74) is 4.78. The molecule has 0 radical (unpaired) electrons. The maximum absolute atomic E-state index is 5.63. The van der Waals surface area contributed by atoms with Crippen LogP contribution in [-0.2, 0) is 13.2 Å². The van der Waals surface area contributed by atoms with Gasteiger partial charge in [0.15, 0.2) is 0 Å². The fourth-order valence-corrected chi connectivity index (χ4v) is 3.00. The smallest absolute Gasteiger partial charge is 0.203 e. The summed E-state index contributed by atoms with van der Waals surface area (Å²) in [6, 6.07) is 16.8. The molecule has 5 heteroatoms. The predicted molar refractivity (Wildman–Crippen MR) is 99.8 cm³/mol. The summed E-state index contributed by atoms with van der Waals surface area (Å²) in [5, 5.41) is 4.48. The molecular formula is C19H22N4S. The van der Waals surface area contributed by atoms with Crippen LogP contribution in [0.1, 0.15) is 16.7 Å². The van der Waals surface area contributed by atoms with E-state index in [0.29, 0.717) is 11.4 Å². The number of rotatable bonds is 5. The second kappa shape index (κ2) is 7.11. The Bertz CT molecular complexity index is 880. The normalized spacial score (nSPS) is 11.2. The second-order valence-corrected chi connectivity index (χ2v) is 6.58. The molecule has 0 aliphatic heterocycles. The van der Waals surface area contributed by atoms with E-state index in [1.54, 1.807) is 6.33 Å². The lowest BCUT2D eigenvalue weighted by Crippen LogP contribution is -2.22. The molecule has 0 saturated heterocycles. The molecular weight excluding hydrogens is 316 g/mol. The highest BCUT2D eigenvalue weighted by Crippen LogP contribution is 2.16. The molecule has 0 unspecified atom stereocenters. The van der Waals surface area contributed by atoms with E-state index in [9.17, 15) is 0 Å². The summed E-state index contributed by atoms with van der Waals surface area (Å²) >= 11 is 5.63. The number of aromatic nitrogens is 3. The Kier molecular flexibility index (Phi) is 4.92. The molecule has 0 N–H and O–H groups in total. The highest BCUT2D eigenvalue weighted by molar-refractivity contribution is 7.71. The molecule has 0 saturated carbocycles. The van der Waals surface area contributed by atoms with Gasteiger partial charge in [-0.3, -0.25) is 9.47 Å². The number of hydrogen-bond donors (Lipinski definition) is 0. The SMILES string of the molecule is Cc1ccc(C)c(-n2cnn(CN(C)Cc3ccccc3)c2=S)c1. The summed E-state index contributed by atoms with van der Waals surface area (Å²) in [4.78, 5) is 2.20. The lowest BCUT2D eigenvalue weighted by molar-refractivity contribution is 0.244. The van der Waals surface area contributed by atoms with Gasteiger partial charge in [-0.1, -0.05) is 42.5 Å². The van der Waals surface area contributed by atoms with Crippen LogP contribution in [-0.4, -0.2) is 26.3 Å². The van der Waals surface area contributed by atoms with E-state index in [-0.39, 0.29) is 0 Å². The molecule has 4 nitrogen and oxygen atoms in total. The van der Waals surface area contributed by atoms with Crippen LogP contribution >= 0.6 is 12.2 Å². The number of benzene rings is 2. The van der Waals surface area contributed by atoms with Crippen molar-refractivity contribution < 1.29 is 0 Å². The molecule has 0 amide bonds. The molecule has 0 aliphatic rings. The van der Waals surface area contributed by atoms with E-state index >= 15 is 0 Å². The van der Waals surface area contributed by atoms with Crippen LogP contribution < -0.4 is 0 Å². The van der Waals surface area contributed by atoms with Crippen LogP contribution in [0, 0.1) is 18.6 Å². The molecule has 3 rings (SSSR count). The maximum atomic E-state index is 5.63. The highest BCUT2D eigenvalue weighted by atomic mass is 32.1. The van der Waals surface area contributed by atoms with Crippen molar-refractivity contribution >= 4 is 12.2 Å². The Morgan fingerprint density at radius 2 is 1.83 bits per heavy atom. The zero-order valence-electron chi connectivity index (χ0n) is 14.3. The van der Waals surface area contributed by atoms with Crippen molar-refractivity contribution in [2.45, 2.75) is 27.1 Å². The summed E-state index contributed by atoms with van der Waals surface area (Å²) in [5.74, 6) is 0. The topological polar surface area (TPSA) is 26.0 Å². The van der Waals surface area contributed by atoms with Crippen LogP contribution in [0.25, 0.3) is 5.69 Å². The Balaban J connectivity index is 1.80. The standard InChI is InChI=1S/C19H22N4S/c1-15-9-10-16(2)18(11-15)22-13-20-23(19(22)24)14-21(3)12-17-7-5-4-6-8-17/h4-11,13H,12,14H2,1-3H3. The summed E-state index contributed by atoms with van der Waals surface area (Å²) in [7, 11) is 2.08. The second-order valence-electron chi connectivity index (χ2n) is 6.21. The third kappa shape index (κ3) is 3.63. The quantitative estimate of drug-likeness (QED) is 0.655. The average molecular weight is 338 g/mol. The van der Waals surface area contributed by atoms with E-state index in [0.717, 1.165) is 12.2 Å². The third-order valence-corrected chi connectivity index (χ3v) is 4.44. The minimum atomic E-state index is 0.658. The maximum Gasteiger partial charge on any atom is 0.203 e. The minimum Gasteiger partial charge on any atom is -0.283 e. The molecule has 3 aromatic rings. The lowest BCUT2D eigenvalue weighted by Gasteiger charge is -2.16. The molecule has 0 aliphatic carbocycles. The molecule has 0 fully saturated rings. The fraction of sp³-hybridized carbons (Fsp3) is 0.263. The van der Waals surface area contributed by atoms with Crippen molar-refractivity contribution in [3.8, 4) is 5.69 Å². The molecule has 2 aromatic carbocycles. The van der Waals surface area contributed by atoms with Gasteiger partial charge in [0.05, 0.1) is 12.4 Å². The van der Waals surface area contributed by atoms with E-state index in [1.807, 2.05) is 15.3 Å². The van der Waals surface area contributed by atoms with Gasteiger partial charge in [-0.25, -0.2) is 4.68 Å². The first-order valence-electron chi connectivity index (χ1n) is 7.99. The van der Waals surface area contributed by atoms with Crippen LogP contribution in [0.15, 0.2) is 54.9 Å². The predicted octanol–water partition coefficient (Wildman–Crippen LogP) is 4.11. The van der Waals surface area contributed by atoms with Crippen molar-refractivity contribution in [2.75, 3.05) is 7.05 Å². The largest absolute Gasteiger partial charge is 0.283 e. The van der Waals surface area contributed by atoms with Crippen LogP contribution in [0.3, 0.4) is 0 Å². The van der Waals surface area contributed by atoms with E-state index < -0.39 is 0 Å². The van der Waals surface area contributed by atoms with Gasteiger partial charge in [0.1, 0.15) is 6.33 Å². The third-order valence-electron chi connectivity index (χ3n) is 4.03. The average Bonchev–Trinajstić information content (AvgIpc) is 2.91. The molecule has 1 heterocycles. The van der Waals surface area contributed by atoms with Gasteiger partial charge in [-0.05, 0) is 55.9 Å². The number of hydrogen-bond acceptors (Lipinski definition) is 3. The zero-order chi connectivity index (χ0) is 17.1. The van der Waals surface area contributed by atoms with Crippen LogP contribution in [0.4, 0.5) is 0 Å². The van der Waals surface area contributed by atoms with Crippen LogP contribution in [0.2, 0.25) is 0 Å². The van der Waals surface area contributed by atoms with Crippen molar-refractivity contribution in [2.24, 2.45) is 0 Å². The van der Waals surface area contributed by atoms with Gasteiger partial charge in [0.25, 0.3) is 0 Å². The summed E-state index contributed by atoms with van der Waals surface area (Å²) in [6.07, 6.45) is 1.81. The van der Waals surface area contributed by atoms with Gasteiger partial charge in [0.2, 0.25) is 4.77 Å². The lowest BCUT2D eigenvalue weighted by atomic mass is 10.1. The van der Waals surface area contributed by atoms with E-state index in [4.69, 9.17) is 12.2 Å². The van der Waals surface area contributed by atoms with Crippen molar-refractivity contribution in [1.82, 2.24) is 19.2 Å². The molecule has 124 valence electrons. The first-order valence-corrected chi connectivity index (χ1v) is 8.40. The Morgan fingerprint density at radius 3 is 2.58 bits per heavy atom. The first kappa shape index (κ1) is 16.6. The van der Waals surface area contributed by atoms with Crippen molar-refractivity contribution in [3.05, 3.63) is 76.3 Å². The van der Waals surface area contributed by atoms with Gasteiger partial charge < -0.3 is 0 Å². The van der Waals surface area contributed by atoms with Gasteiger partial charge >= 0.3 is 0 Å². The van der Waals surface area contributed by atoms with Gasteiger partial charge in [0, 0.05) is 6.54 Å². The van der Waals surface area contributed by atoms with Gasteiger partial charge in [-0.15, -0.1) is 0 Å². The number of nitrogens with zero attached hydrogens (tertiary/aromatic N) is 4. The Labute approximate surface area is 148 Å². The van der Waals surface area contributed by atoms with E-state index in [1.165, 1.54) is 16.7 Å². The van der Waals surface area contributed by atoms with Crippen molar-refractivity contribution in [1.29, 1.82) is 0 Å². The first-order chi connectivity index (χ1) is 11.5. The molecule has 0 bridgehead atoms. The fourth-order valence-electron chi connectivity index (χ4n) is 2.75. The molecule has 0 spiro atoms. The molecule has 24 heavy (non-hydrogen) atoms. The molecule has 1 aromatic heterocycles.